The van der Waals surface area contributed by atoms with Crippen molar-refractivity contribution >= 4 is 5.91 Å². The number of benzene rings is 1. The normalized spacial score (nSPS) is 20.3. The summed E-state index contributed by atoms with van der Waals surface area (Å²) in [5.74, 6) is 1.97. The van der Waals surface area contributed by atoms with E-state index in [1.54, 1.807) is 0 Å². The van der Waals surface area contributed by atoms with Gasteiger partial charge in [0.15, 0.2) is 5.82 Å². The second kappa shape index (κ2) is 7.80. The first-order valence-electron chi connectivity index (χ1n) is 10.0. The maximum absolute atomic E-state index is 12.7. The standard InChI is InChI=1S/C21H28N4O2/c1-15(2)20-22-21(27-23-20)18-8-5-11-24(18)13-10-19(26)25-12-9-16-6-3-4-7-17(16)14-25/h3-4,6-7,15,18H,5,8-14H2,1-2H3/t18-/m0/s1. The fourth-order valence-electron chi connectivity index (χ4n) is 4.10. The van der Waals surface area contributed by atoms with Crippen molar-refractivity contribution in [3.8, 4) is 0 Å². The van der Waals surface area contributed by atoms with Crippen LogP contribution in [0.1, 0.15) is 67.9 Å². The van der Waals surface area contributed by atoms with Crippen LogP contribution >= 0.6 is 0 Å². The number of amides is 1. The molecule has 1 fully saturated rings. The highest BCUT2D eigenvalue weighted by Crippen LogP contribution is 2.31. The second-order valence-electron chi connectivity index (χ2n) is 7.92. The number of fused-ring (bicyclic) bond motifs is 1. The van der Waals surface area contributed by atoms with Gasteiger partial charge in [0.2, 0.25) is 11.8 Å². The maximum Gasteiger partial charge on any atom is 0.244 e. The van der Waals surface area contributed by atoms with E-state index >= 15 is 0 Å². The molecule has 0 bridgehead atoms. The molecule has 2 aliphatic heterocycles. The van der Waals surface area contributed by atoms with E-state index in [-0.39, 0.29) is 17.9 Å². The van der Waals surface area contributed by atoms with Gasteiger partial charge in [-0.3, -0.25) is 9.69 Å². The van der Waals surface area contributed by atoms with E-state index in [9.17, 15) is 4.79 Å². The van der Waals surface area contributed by atoms with Gasteiger partial charge in [-0.15, -0.1) is 0 Å². The number of rotatable bonds is 5. The third-order valence-corrected chi connectivity index (χ3v) is 5.72. The van der Waals surface area contributed by atoms with Gasteiger partial charge in [-0.05, 0) is 36.9 Å². The Morgan fingerprint density at radius 3 is 2.85 bits per heavy atom. The van der Waals surface area contributed by atoms with Gasteiger partial charge in [-0.1, -0.05) is 43.3 Å². The molecule has 0 saturated carbocycles. The van der Waals surface area contributed by atoms with Crippen molar-refractivity contribution in [2.45, 2.75) is 58.0 Å². The van der Waals surface area contributed by atoms with Gasteiger partial charge in [0.25, 0.3) is 0 Å². The minimum atomic E-state index is 0.153. The SMILES string of the molecule is CC(C)c1noc([C@@H]2CCCN2CCC(=O)N2CCc3ccccc3C2)n1. The minimum Gasteiger partial charge on any atom is -0.338 e. The molecule has 4 rings (SSSR count). The van der Waals surface area contributed by atoms with Crippen molar-refractivity contribution in [1.82, 2.24) is 19.9 Å². The van der Waals surface area contributed by atoms with Crippen molar-refractivity contribution in [2.75, 3.05) is 19.6 Å². The summed E-state index contributed by atoms with van der Waals surface area (Å²) in [5.41, 5.74) is 2.65. The quantitative estimate of drug-likeness (QED) is 0.810. The molecule has 6 heteroatoms. The zero-order chi connectivity index (χ0) is 18.8. The van der Waals surface area contributed by atoms with Crippen molar-refractivity contribution < 1.29 is 9.32 Å². The van der Waals surface area contributed by atoms with Crippen LogP contribution in [0.25, 0.3) is 0 Å². The van der Waals surface area contributed by atoms with Crippen molar-refractivity contribution in [1.29, 1.82) is 0 Å². The summed E-state index contributed by atoms with van der Waals surface area (Å²) in [4.78, 5) is 21.6. The predicted molar refractivity (Wildman–Crippen MR) is 102 cm³/mol. The fourth-order valence-corrected chi connectivity index (χ4v) is 4.10. The smallest absolute Gasteiger partial charge is 0.244 e. The highest BCUT2D eigenvalue weighted by Gasteiger charge is 2.31. The van der Waals surface area contributed by atoms with Gasteiger partial charge in [-0.25, -0.2) is 0 Å². The maximum atomic E-state index is 12.7. The van der Waals surface area contributed by atoms with Gasteiger partial charge < -0.3 is 9.42 Å². The Morgan fingerprint density at radius 1 is 1.26 bits per heavy atom. The van der Waals surface area contributed by atoms with E-state index in [4.69, 9.17) is 4.52 Å². The number of hydrogen-bond acceptors (Lipinski definition) is 5. The van der Waals surface area contributed by atoms with Crippen molar-refractivity contribution in [3.63, 3.8) is 0 Å². The van der Waals surface area contributed by atoms with Crippen LogP contribution in [0.15, 0.2) is 28.8 Å². The lowest BCUT2D eigenvalue weighted by atomic mass is 10.00. The van der Waals surface area contributed by atoms with E-state index in [0.717, 1.165) is 51.3 Å². The van der Waals surface area contributed by atoms with E-state index in [0.29, 0.717) is 12.3 Å². The molecule has 27 heavy (non-hydrogen) atoms. The zero-order valence-electron chi connectivity index (χ0n) is 16.2. The topological polar surface area (TPSA) is 62.5 Å². The van der Waals surface area contributed by atoms with Crippen LogP contribution in [0, 0.1) is 0 Å². The summed E-state index contributed by atoms with van der Waals surface area (Å²) in [5, 5.41) is 4.10. The van der Waals surface area contributed by atoms with E-state index in [1.165, 1.54) is 11.1 Å². The zero-order valence-corrected chi connectivity index (χ0v) is 16.2. The molecule has 0 N–H and O–H groups in total. The molecule has 0 unspecified atom stereocenters. The summed E-state index contributed by atoms with van der Waals surface area (Å²) < 4.78 is 5.50. The Morgan fingerprint density at radius 2 is 2.07 bits per heavy atom. The molecule has 1 aromatic carbocycles. The largest absolute Gasteiger partial charge is 0.338 e. The van der Waals surface area contributed by atoms with Crippen molar-refractivity contribution in [3.05, 3.63) is 47.1 Å². The van der Waals surface area contributed by atoms with Gasteiger partial charge in [0.05, 0.1) is 6.04 Å². The molecule has 0 spiro atoms. The number of hydrogen-bond donors (Lipinski definition) is 0. The van der Waals surface area contributed by atoms with Gasteiger partial charge in [-0.2, -0.15) is 4.98 Å². The molecule has 1 atom stereocenters. The molecule has 0 radical (unpaired) electrons. The number of carbonyl (C=O) groups is 1. The number of aromatic nitrogens is 2. The Bertz CT molecular complexity index is 801. The molecule has 144 valence electrons. The average molecular weight is 368 g/mol. The molecule has 1 aromatic heterocycles. The number of carbonyl (C=O) groups excluding carboxylic acids is 1. The summed E-state index contributed by atoms with van der Waals surface area (Å²) >= 11 is 0. The molecule has 1 amide bonds. The minimum absolute atomic E-state index is 0.153. The summed E-state index contributed by atoms with van der Waals surface area (Å²) in [6, 6.07) is 8.58. The first-order chi connectivity index (χ1) is 13.1. The first kappa shape index (κ1) is 18.2. The molecular weight excluding hydrogens is 340 g/mol. The Balaban J connectivity index is 1.34. The molecular formula is C21H28N4O2. The second-order valence-corrected chi connectivity index (χ2v) is 7.92. The molecule has 2 aromatic rings. The van der Waals surface area contributed by atoms with Crippen molar-refractivity contribution in [2.24, 2.45) is 0 Å². The third-order valence-electron chi connectivity index (χ3n) is 5.72. The highest BCUT2D eigenvalue weighted by atomic mass is 16.5. The lowest BCUT2D eigenvalue weighted by Crippen LogP contribution is -2.38. The highest BCUT2D eigenvalue weighted by molar-refractivity contribution is 5.76. The lowest BCUT2D eigenvalue weighted by Gasteiger charge is -2.30. The Labute approximate surface area is 160 Å². The third kappa shape index (κ3) is 3.90. The van der Waals surface area contributed by atoms with Gasteiger partial charge in [0.1, 0.15) is 0 Å². The first-order valence-corrected chi connectivity index (χ1v) is 10.0. The van der Waals surface area contributed by atoms with Gasteiger partial charge >= 0.3 is 0 Å². The average Bonchev–Trinajstić information content (AvgIpc) is 3.34. The fraction of sp³-hybridized carbons (Fsp3) is 0.571. The summed E-state index contributed by atoms with van der Waals surface area (Å²) in [6.07, 6.45) is 3.62. The number of nitrogens with zero attached hydrogens (tertiary/aromatic N) is 4. The molecule has 3 heterocycles. The molecule has 6 nitrogen and oxygen atoms in total. The molecule has 2 aliphatic rings. The Kier molecular flexibility index (Phi) is 5.25. The van der Waals surface area contributed by atoms with Crippen LogP contribution in [0.5, 0.6) is 0 Å². The monoisotopic (exact) mass is 368 g/mol. The molecule has 1 saturated heterocycles. The van der Waals surface area contributed by atoms with Crippen LogP contribution in [-0.2, 0) is 17.8 Å². The Hall–Kier alpha value is -2.21. The summed E-state index contributed by atoms with van der Waals surface area (Å²) in [7, 11) is 0. The van der Waals surface area contributed by atoms with Crippen LogP contribution in [0.3, 0.4) is 0 Å². The predicted octanol–water partition coefficient (Wildman–Crippen LogP) is 3.30. The van der Waals surface area contributed by atoms with Crippen LogP contribution < -0.4 is 0 Å². The number of likely N-dealkylation sites (tertiary alicyclic amines) is 1. The van der Waals surface area contributed by atoms with E-state index < -0.39 is 0 Å². The van der Waals surface area contributed by atoms with Crippen LogP contribution in [-0.4, -0.2) is 45.5 Å². The van der Waals surface area contributed by atoms with E-state index in [2.05, 4.69) is 53.2 Å². The lowest BCUT2D eigenvalue weighted by molar-refractivity contribution is -0.132. The van der Waals surface area contributed by atoms with Crippen LogP contribution in [0.4, 0.5) is 0 Å². The van der Waals surface area contributed by atoms with Gasteiger partial charge in [0, 0.05) is 32.0 Å². The summed E-state index contributed by atoms with van der Waals surface area (Å²) in [6.45, 7) is 7.43. The molecule has 0 aliphatic carbocycles. The van der Waals surface area contributed by atoms with E-state index in [1.807, 2.05) is 4.90 Å². The van der Waals surface area contributed by atoms with Crippen LogP contribution in [0.2, 0.25) is 0 Å².